The zero-order valence-electron chi connectivity index (χ0n) is 16.8. The summed E-state index contributed by atoms with van der Waals surface area (Å²) in [6, 6.07) is 23.0. The van der Waals surface area contributed by atoms with Crippen LogP contribution in [-0.2, 0) is 26.1 Å². The average molecular weight is 386 g/mol. The van der Waals surface area contributed by atoms with Crippen molar-refractivity contribution in [2.45, 2.75) is 26.1 Å². The maximum atomic E-state index is 4.66. The monoisotopic (exact) mass is 385 g/mol. The van der Waals surface area contributed by atoms with Crippen molar-refractivity contribution >= 4 is 11.0 Å². The third-order valence-corrected chi connectivity index (χ3v) is 5.01. The summed E-state index contributed by atoms with van der Waals surface area (Å²) in [4.78, 5) is 14.7. The van der Waals surface area contributed by atoms with Crippen molar-refractivity contribution in [1.29, 1.82) is 0 Å². The molecule has 0 radical (unpaired) electrons. The van der Waals surface area contributed by atoms with Crippen LogP contribution >= 0.6 is 0 Å². The molecule has 2 aromatic carbocycles. The van der Waals surface area contributed by atoms with E-state index >= 15 is 0 Å². The predicted octanol–water partition coefficient (Wildman–Crippen LogP) is 3.92. The fourth-order valence-corrected chi connectivity index (χ4v) is 3.41. The topological polar surface area (TPSA) is 56.8 Å². The summed E-state index contributed by atoms with van der Waals surface area (Å²) in [7, 11) is 2.16. The second-order valence-electron chi connectivity index (χ2n) is 7.43. The van der Waals surface area contributed by atoms with Crippen LogP contribution in [-0.4, -0.2) is 33.4 Å². The molecule has 5 nitrogen and oxygen atoms in total. The number of hydrogen-bond donors (Lipinski definition) is 2. The molecule has 0 aliphatic rings. The summed E-state index contributed by atoms with van der Waals surface area (Å²) < 4.78 is 0. The molecule has 0 atom stereocenters. The number of likely N-dealkylation sites (N-methyl/N-ethyl adjacent to an activating group) is 1. The van der Waals surface area contributed by atoms with Crippen LogP contribution in [0.1, 0.15) is 22.6 Å². The molecule has 0 aliphatic heterocycles. The van der Waals surface area contributed by atoms with E-state index in [4.69, 9.17) is 0 Å². The molecule has 4 rings (SSSR count). The lowest BCUT2D eigenvalue weighted by Gasteiger charge is -2.16. The Balaban J connectivity index is 1.22. The van der Waals surface area contributed by atoms with Crippen LogP contribution in [0.5, 0.6) is 0 Å². The molecular weight excluding hydrogens is 358 g/mol. The van der Waals surface area contributed by atoms with E-state index in [0.29, 0.717) is 0 Å². The van der Waals surface area contributed by atoms with E-state index in [2.05, 4.69) is 62.5 Å². The summed E-state index contributed by atoms with van der Waals surface area (Å²) in [6.07, 6.45) is 2.75. The van der Waals surface area contributed by atoms with Crippen LogP contribution in [0, 0.1) is 0 Å². The fourth-order valence-electron chi connectivity index (χ4n) is 3.41. The van der Waals surface area contributed by atoms with Gasteiger partial charge in [0.1, 0.15) is 5.82 Å². The number of benzene rings is 2. The number of imidazole rings is 1. The highest BCUT2D eigenvalue weighted by Gasteiger charge is 2.05. The number of hydrogen-bond acceptors (Lipinski definition) is 4. The Hall–Kier alpha value is -3.02. The van der Waals surface area contributed by atoms with Gasteiger partial charge in [0, 0.05) is 38.8 Å². The zero-order chi connectivity index (χ0) is 19.9. The van der Waals surface area contributed by atoms with Gasteiger partial charge in [-0.15, -0.1) is 0 Å². The molecule has 0 spiro atoms. The number of rotatable bonds is 9. The Bertz CT molecular complexity index is 991. The minimum absolute atomic E-state index is 0.785. The SMILES string of the molecule is CN(CCc1nc2ccccc2[nH]1)Cc1ccc(CNCc2ccccn2)cc1. The maximum Gasteiger partial charge on any atom is 0.108 e. The van der Waals surface area contributed by atoms with Gasteiger partial charge in [-0.2, -0.15) is 0 Å². The minimum atomic E-state index is 0.785. The van der Waals surface area contributed by atoms with Crippen molar-refractivity contribution in [2.75, 3.05) is 13.6 Å². The van der Waals surface area contributed by atoms with Crippen LogP contribution < -0.4 is 5.32 Å². The first kappa shape index (κ1) is 19.3. The average Bonchev–Trinajstić information content (AvgIpc) is 3.17. The van der Waals surface area contributed by atoms with E-state index in [9.17, 15) is 0 Å². The summed E-state index contributed by atoms with van der Waals surface area (Å²) in [5, 5.41) is 3.44. The molecule has 0 saturated carbocycles. The molecular formula is C24H27N5. The van der Waals surface area contributed by atoms with Crippen molar-refractivity contribution in [3.63, 3.8) is 0 Å². The molecule has 29 heavy (non-hydrogen) atoms. The number of nitrogens with one attached hydrogen (secondary N) is 2. The summed E-state index contributed by atoms with van der Waals surface area (Å²) in [5.41, 5.74) is 5.82. The number of H-pyrrole nitrogens is 1. The molecule has 4 aromatic rings. The molecule has 0 amide bonds. The van der Waals surface area contributed by atoms with Gasteiger partial charge in [0.2, 0.25) is 0 Å². The standard InChI is InChI=1S/C24H27N5/c1-29(15-13-24-27-22-7-2-3-8-23(22)28-24)18-20-11-9-19(10-12-20)16-25-17-21-6-4-5-14-26-21/h2-12,14,25H,13,15-18H2,1H3,(H,27,28). The molecule has 0 bridgehead atoms. The highest BCUT2D eigenvalue weighted by atomic mass is 15.1. The molecule has 2 aromatic heterocycles. The Kier molecular flexibility index (Phi) is 6.29. The first-order valence-corrected chi connectivity index (χ1v) is 10.1. The molecule has 5 heteroatoms. The predicted molar refractivity (Wildman–Crippen MR) is 117 cm³/mol. The number of aromatic nitrogens is 3. The second kappa shape index (κ2) is 9.45. The number of para-hydroxylation sites is 2. The summed E-state index contributed by atoms with van der Waals surface area (Å²) in [6.45, 7) is 3.53. The van der Waals surface area contributed by atoms with Gasteiger partial charge in [-0.3, -0.25) is 4.98 Å². The van der Waals surface area contributed by atoms with E-state index in [1.54, 1.807) is 0 Å². The van der Waals surface area contributed by atoms with Gasteiger partial charge < -0.3 is 15.2 Å². The zero-order valence-corrected chi connectivity index (χ0v) is 16.8. The third kappa shape index (κ3) is 5.50. The molecule has 0 aliphatic carbocycles. The van der Waals surface area contributed by atoms with Gasteiger partial charge in [-0.25, -0.2) is 4.98 Å². The van der Waals surface area contributed by atoms with E-state index in [-0.39, 0.29) is 0 Å². The Morgan fingerprint density at radius 2 is 1.69 bits per heavy atom. The van der Waals surface area contributed by atoms with Gasteiger partial charge in [-0.1, -0.05) is 42.5 Å². The minimum Gasteiger partial charge on any atom is -0.342 e. The lowest BCUT2D eigenvalue weighted by molar-refractivity contribution is 0.329. The Labute approximate surface area is 171 Å². The Morgan fingerprint density at radius 1 is 0.897 bits per heavy atom. The number of nitrogens with zero attached hydrogens (tertiary/aromatic N) is 3. The van der Waals surface area contributed by atoms with E-state index in [1.165, 1.54) is 11.1 Å². The van der Waals surface area contributed by atoms with Gasteiger partial charge in [0.05, 0.1) is 16.7 Å². The van der Waals surface area contributed by atoms with E-state index in [1.807, 2.05) is 42.6 Å². The highest BCUT2D eigenvalue weighted by Crippen LogP contribution is 2.12. The fraction of sp³-hybridized carbons (Fsp3) is 0.250. The molecule has 0 fully saturated rings. The molecule has 0 saturated heterocycles. The first-order valence-electron chi connectivity index (χ1n) is 10.1. The number of fused-ring (bicyclic) bond motifs is 1. The Morgan fingerprint density at radius 3 is 2.48 bits per heavy atom. The molecule has 2 heterocycles. The van der Waals surface area contributed by atoms with E-state index < -0.39 is 0 Å². The van der Waals surface area contributed by atoms with Crippen molar-refractivity contribution in [3.8, 4) is 0 Å². The summed E-state index contributed by atoms with van der Waals surface area (Å²) >= 11 is 0. The van der Waals surface area contributed by atoms with Crippen LogP contribution in [0.2, 0.25) is 0 Å². The smallest absolute Gasteiger partial charge is 0.108 e. The van der Waals surface area contributed by atoms with Crippen molar-refractivity contribution in [3.05, 3.63) is 95.6 Å². The lowest BCUT2D eigenvalue weighted by atomic mass is 10.1. The molecule has 148 valence electrons. The molecule has 2 N–H and O–H groups in total. The lowest BCUT2D eigenvalue weighted by Crippen LogP contribution is -2.21. The van der Waals surface area contributed by atoms with Crippen LogP contribution in [0.4, 0.5) is 0 Å². The first-order chi connectivity index (χ1) is 14.3. The van der Waals surface area contributed by atoms with Gasteiger partial charge in [0.15, 0.2) is 0 Å². The normalized spacial score (nSPS) is 11.4. The van der Waals surface area contributed by atoms with Gasteiger partial charge in [0.25, 0.3) is 0 Å². The summed E-state index contributed by atoms with van der Waals surface area (Å²) in [5.74, 6) is 1.05. The van der Waals surface area contributed by atoms with Gasteiger partial charge in [-0.05, 0) is 42.4 Å². The second-order valence-corrected chi connectivity index (χ2v) is 7.43. The quantitative estimate of drug-likeness (QED) is 0.458. The van der Waals surface area contributed by atoms with Crippen LogP contribution in [0.3, 0.4) is 0 Å². The highest BCUT2D eigenvalue weighted by molar-refractivity contribution is 5.74. The number of aromatic amines is 1. The third-order valence-electron chi connectivity index (χ3n) is 5.01. The van der Waals surface area contributed by atoms with Crippen LogP contribution in [0.15, 0.2) is 72.9 Å². The largest absolute Gasteiger partial charge is 0.342 e. The van der Waals surface area contributed by atoms with Gasteiger partial charge >= 0.3 is 0 Å². The van der Waals surface area contributed by atoms with Crippen LogP contribution in [0.25, 0.3) is 11.0 Å². The number of pyridine rings is 1. The molecule has 0 unspecified atom stereocenters. The van der Waals surface area contributed by atoms with Crippen molar-refractivity contribution < 1.29 is 0 Å². The van der Waals surface area contributed by atoms with Crippen molar-refractivity contribution in [2.24, 2.45) is 0 Å². The van der Waals surface area contributed by atoms with E-state index in [0.717, 1.165) is 55.2 Å². The van der Waals surface area contributed by atoms with Crippen molar-refractivity contribution in [1.82, 2.24) is 25.2 Å². The maximum absolute atomic E-state index is 4.66.